The Kier molecular flexibility index (Phi) is 6.77. The molecular weight excluding hydrogens is 428 g/mol. The second-order valence-corrected chi connectivity index (χ2v) is 8.52. The molecule has 156 valence electrons. The number of hydrogen-bond acceptors (Lipinski definition) is 4. The number of nitrogens with one attached hydrogen (secondary N) is 1. The molecular formula is C25H21ClN2O2S. The number of benzene rings is 3. The maximum Gasteiger partial charge on any atom is 0.226 e. The third-order valence-electron chi connectivity index (χ3n) is 4.86. The van der Waals surface area contributed by atoms with Crippen molar-refractivity contribution in [1.82, 2.24) is 4.98 Å². The summed E-state index contributed by atoms with van der Waals surface area (Å²) in [6.07, 6.45) is -0.128. The van der Waals surface area contributed by atoms with E-state index in [0.717, 1.165) is 27.3 Å². The zero-order chi connectivity index (χ0) is 21.6. The Bertz CT molecular complexity index is 1150. The molecule has 0 aliphatic heterocycles. The van der Waals surface area contributed by atoms with Gasteiger partial charge in [-0.3, -0.25) is 4.79 Å². The molecule has 4 nitrogen and oxygen atoms in total. The minimum atomic E-state index is -0.673. The van der Waals surface area contributed by atoms with Gasteiger partial charge in [0.05, 0.1) is 16.7 Å². The smallest absolute Gasteiger partial charge is 0.226 e. The summed E-state index contributed by atoms with van der Waals surface area (Å²) < 4.78 is 0. The lowest BCUT2D eigenvalue weighted by molar-refractivity contribution is -0.116. The number of thiazole rings is 1. The van der Waals surface area contributed by atoms with Gasteiger partial charge in [-0.15, -0.1) is 0 Å². The number of amides is 1. The third kappa shape index (κ3) is 5.39. The maximum atomic E-state index is 12.5. The van der Waals surface area contributed by atoms with Gasteiger partial charge in [0.2, 0.25) is 5.91 Å². The van der Waals surface area contributed by atoms with Crippen LogP contribution in [0.2, 0.25) is 5.02 Å². The molecule has 4 rings (SSSR count). The number of carbonyl (C=O) groups is 1. The van der Waals surface area contributed by atoms with Crippen LogP contribution in [0.5, 0.6) is 0 Å². The molecule has 0 aliphatic carbocycles. The lowest BCUT2D eigenvalue weighted by Crippen LogP contribution is -2.12. The molecule has 1 heterocycles. The van der Waals surface area contributed by atoms with Gasteiger partial charge in [0, 0.05) is 17.0 Å². The fourth-order valence-corrected chi connectivity index (χ4v) is 4.39. The van der Waals surface area contributed by atoms with Crippen LogP contribution in [0.15, 0.2) is 84.9 Å². The van der Waals surface area contributed by atoms with E-state index < -0.39 is 6.10 Å². The molecule has 31 heavy (non-hydrogen) atoms. The highest BCUT2D eigenvalue weighted by Crippen LogP contribution is 2.39. The number of nitrogens with zero attached hydrogens (tertiary/aromatic N) is 1. The van der Waals surface area contributed by atoms with Crippen LogP contribution < -0.4 is 5.32 Å². The van der Waals surface area contributed by atoms with Crippen LogP contribution in [0, 0.1) is 0 Å². The monoisotopic (exact) mass is 448 g/mol. The van der Waals surface area contributed by atoms with Crippen molar-refractivity contribution < 1.29 is 9.90 Å². The summed E-state index contributed by atoms with van der Waals surface area (Å²) in [5.41, 5.74) is 3.58. The van der Waals surface area contributed by atoms with E-state index in [-0.39, 0.29) is 12.3 Å². The van der Waals surface area contributed by atoms with Crippen LogP contribution in [-0.4, -0.2) is 16.0 Å². The van der Waals surface area contributed by atoms with Crippen molar-refractivity contribution in [2.45, 2.75) is 18.9 Å². The number of hydrogen-bond donors (Lipinski definition) is 2. The molecule has 0 fully saturated rings. The summed E-state index contributed by atoms with van der Waals surface area (Å²) in [5, 5.41) is 14.4. The van der Waals surface area contributed by atoms with Crippen molar-refractivity contribution in [1.29, 1.82) is 0 Å². The van der Waals surface area contributed by atoms with Crippen molar-refractivity contribution >= 4 is 34.0 Å². The number of carbonyl (C=O) groups excluding carboxylic acids is 1. The average Bonchev–Trinajstić information content (AvgIpc) is 3.22. The van der Waals surface area contributed by atoms with Gasteiger partial charge in [0.15, 0.2) is 5.13 Å². The fraction of sp³-hybridized carbons (Fsp3) is 0.120. The zero-order valence-corrected chi connectivity index (χ0v) is 18.2. The van der Waals surface area contributed by atoms with Gasteiger partial charge in [-0.05, 0) is 29.7 Å². The number of rotatable bonds is 7. The highest BCUT2D eigenvalue weighted by Gasteiger charge is 2.17. The van der Waals surface area contributed by atoms with Crippen molar-refractivity contribution in [3.8, 4) is 21.7 Å². The molecule has 0 bridgehead atoms. The summed E-state index contributed by atoms with van der Waals surface area (Å²) in [6, 6.07) is 26.8. The first-order valence-corrected chi connectivity index (χ1v) is 11.1. The Balaban J connectivity index is 1.52. The molecule has 1 amide bonds. The number of halogens is 1. The summed E-state index contributed by atoms with van der Waals surface area (Å²) >= 11 is 7.47. The summed E-state index contributed by atoms with van der Waals surface area (Å²) in [5.74, 6) is -0.175. The normalized spacial score (nSPS) is 11.8. The summed E-state index contributed by atoms with van der Waals surface area (Å²) in [7, 11) is 0. The van der Waals surface area contributed by atoms with Crippen LogP contribution in [-0.2, 0) is 4.79 Å². The topological polar surface area (TPSA) is 62.2 Å². The Morgan fingerprint density at radius 3 is 2.26 bits per heavy atom. The van der Waals surface area contributed by atoms with Crippen molar-refractivity contribution in [2.75, 3.05) is 5.32 Å². The number of aromatic nitrogens is 1. The number of aliphatic hydroxyl groups excluding tert-OH is 1. The highest BCUT2D eigenvalue weighted by molar-refractivity contribution is 7.19. The van der Waals surface area contributed by atoms with E-state index in [0.29, 0.717) is 16.6 Å². The molecule has 0 unspecified atom stereocenters. The predicted octanol–water partition coefficient (Wildman–Crippen LogP) is 6.58. The van der Waals surface area contributed by atoms with Crippen molar-refractivity contribution in [2.24, 2.45) is 0 Å². The van der Waals surface area contributed by atoms with Gasteiger partial charge in [-0.1, -0.05) is 95.7 Å². The minimum absolute atomic E-state index is 0.175. The van der Waals surface area contributed by atoms with E-state index in [4.69, 9.17) is 16.6 Å². The van der Waals surface area contributed by atoms with Gasteiger partial charge in [-0.2, -0.15) is 0 Å². The van der Waals surface area contributed by atoms with E-state index in [2.05, 4.69) is 5.32 Å². The van der Waals surface area contributed by atoms with Crippen LogP contribution in [0.4, 0.5) is 5.13 Å². The van der Waals surface area contributed by atoms with Gasteiger partial charge < -0.3 is 10.4 Å². The largest absolute Gasteiger partial charge is 0.388 e. The molecule has 0 aliphatic rings. The first-order valence-electron chi connectivity index (χ1n) is 9.95. The third-order valence-corrected chi connectivity index (χ3v) is 6.13. The fourth-order valence-electron chi connectivity index (χ4n) is 3.25. The lowest BCUT2D eigenvalue weighted by Gasteiger charge is -2.10. The molecule has 3 aromatic carbocycles. The van der Waals surface area contributed by atoms with E-state index in [9.17, 15) is 9.90 Å². The van der Waals surface area contributed by atoms with Crippen LogP contribution >= 0.6 is 22.9 Å². The minimum Gasteiger partial charge on any atom is -0.388 e. The molecule has 1 atom stereocenters. The Hall–Kier alpha value is -2.99. The number of aliphatic hydroxyl groups is 1. The van der Waals surface area contributed by atoms with E-state index in [1.54, 1.807) is 0 Å². The highest BCUT2D eigenvalue weighted by atomic mass is 35.5. The van der Waals surface area contributed by atoms with E-state index in [1.807, 2.05) is 84.9 Å². The van der Waals surface area contributed by atoms with E-state index >= 15 is 0 Å². The van der Waals surface area contributed by atoms with Gasteiger partial charge in [0.25, 0.3) is 0 Å². The maximum absolute atomic E-state index is 12.5. The van der Waals surface area contributed by atoms with Gasteiger partial charge >= 0.3 is 0 Å². The Morgan fingerprint density at radius 2 is 1.58 bits per heavy atom. The van der Waals surface area contributed by atoms with Crippen molar-refractivity contribution in [3.63, 3.8) is 0 Å². The van der Waals surface area contributed by atoms with Gasteiger partial charge in [0.1, 0.15) is 0 Å². The van der Waals surface area contributed by atoms with Gasteiger partial charge in [-0.25, -0.2) is 4.98 Å². The standard InChI is InChI=1S/C25H21ClN2O2S/c26-20-13-11-19(12-14-20)24-23(18-9-5-2-6-10-18)28-25(31-24)27-22(30)16-15-21(29)17-7-3-1-4-8-17/h1-14,21,29H,15-16H2,(H,27,28,30)/t21-/m1/s1. The molecule has 1 aromatic heterocycles. The lowest BCUT2D eigenvalue weighted by atomic mass is 10.1. The molecule has 0 saturated heterocycles. The molecule has 0 spiro atoms. The van der Waals surface area contributed by atoms with Crippen LogP contribution in [0.25, 0.3) is 21.7 Å². The SMILES string of the molecule is O=C(CC[C@@H](O)c1ccccc1)Nc1nc(-c2ccccc2)c(-c2ccc(Cl)cc2)s1. The van der Waals surface area contributed by atoms with Crippen molar-refractivity contribution in [3.05, 3.63) is 95.5 Å². The first kappa shape index (κ1) is 21.2. The number of anilines is 1. The average molecular weight is 449 g/mol. The quantitative estimate of drug-likeness (QED) is 0.335. The predicted molar refractivity (Wildman–Crippen MR) is 127 cm³/mol. The second-order valence-electron chi connectivity index (χ2n) is 7.08. The Morgan fingerprint density at radius 1 is 0.935 bits per heavy atom. The molecule has 0 radical (unpaired) electrons. The Labute approximate surface area is 190 Å². The van der Waals surface area contributed by atoms with Crippen LogP contribution in [0.1, 0.15) is 24.5 Å². The second kappa shape index (κ2) is 9.88. The summed E-state index contributed by atoms with van der Waals surface area (Å²) in [4.78, 5) is 18.2. The molecule has 0 saturated carbocycles. The first-order chi connectivity index (χ1) is 15.1. The zero-order valence-electron chi connectivity index (χ0n) is 16.7. The van der Waals surface area contributed by atoms with Crippen LogP contribution in [0.3, 0.4) is 0 Å². The molecule has 2 N–H and O–H groups in total. The molecule has 6 heteroatoms. The van der Waals surface area contributed by atoms with E-state index in [1.165, 1.54) is 11.3 Å². The summed E-state index contributed by atoms with van der Waals surface area (Å²) in [6.45, 7) is 0. The molecule has 4 aromatic rings.